The molecule has 2 saturated heterocycles. The Labute approximate surface area is 146 Å². The van der Waals surface area contributed by atoms with Crippen molar-refractivity contribution in [2.45, 2.75) is 37.9 Å². The summed E-state index contributed by atoms with van der Waals surface area (Å²) in [5.74, 6) is 0.526. The van der Waals surface area contributed by atoms with Gasteiger partial charge < -0.3 is 24.6 Å². The summed E-state index contributed by atoms with van der Waals surface area (Å²) in [4.78, 5) is 27.9. The highest BCUT2D eigenvalue weighted by atomic mass is 16.5. The lowest BCUT2D eigenvalue weighted by atomic mass is 9.84. The van der Waals surface area contributed by atoms with Crippen molar-refractivity contribution < 1.29 is 19.1 Å². The predicted molar refractivity (Wildman–Crippen MR) is 93.1 cm³/mol. The van der Waals surface area contributed by atoms with Gasteiger partial charge >= 0.3 is 6.03 Å². The molecule has 0 saturated carbocycles. The summed E-state index contributed by atoms with van der Waals surface area (Å²) in [7, 11) is 1.73. The predicted octanol–water partition coefficient (Wildman–Crippen LogP) is 2.22. The Balaban J connectivity index is 1.42. The maximum absolute atomic E-state index is 12.5. The molecule has 0 radical (unpaired) electrons. The average Bonchev–Trinajstić information content (AvgIpc) is 2.58. The molecule has 3 aliphatic heterocycles. The molecule has 3 heterocycles. The molecule has 7 nitrogen and oxygen atoms in total. The molecule has 7 heteroatoms. The number of likely N-dealkylation sites (tertiary alicyclic amines) is 1. The zero-order valence-corrected chi connectivity index (χ0v) is 14.6. The SMILES string of the molecule is C[C@@H]1Oc2cc(NC(=O)N3CCC4(CCO4)CC3)ccc2N(C)C1=O. The zero-order chi connectivity index (χ0) is 17.6. The van der Waals surface area contributed by atoms with Crippen molar-refractivity contribution in [2.24, 2.45) is 0 Å². The number of nitrogens with zero attached hydrogens (tertiary/aromatic N) is 2. The van der Waals surface area contributed by atoms with Gasteiger partial charge in [-0.25, -0.2) is 4.79 Å². The van der Waals surface area contributed by atoms with E-state index in [0.29, 0.717) is 30.2 Å². The number of benzene rings is 1. The Morgan fingerprint density at radius 2 is 2.00 bits per heavy atom. The molecule has 1 aromatic rings. The van der Waals surface area contributed by atoms with Gasteiger partial charge in [0.15, 0.2) is 6.10 Å². The molecule has 1 spiro atoms. The van der Waals surface area contributed by atoms with E-state index in [2.05, 4.69) is 5.32 Å². The largest absolute Gasteiger partial charge is 0.479 e. The van der Waals surface area contributed by atoms with Crippen molar-refractivity contribution in [3.8, 4) is 5.75 Å². The molecule has 2 fully saturated rings. The number of urea groups is 1. The minimum atomic E-state index is -0.524. The third kappa shape index (κ3) is 2.82. The molecule has 4 rings (SSSR count). The highest BCUT2D eigenvalue weighted by Gasteiger charge is 2.42. The Hall–Kier alpha value is -2.28. The number of carbonyl (C=O) groups excluding carboxylic acids is 2. The van der Waals surface area contributed by atoms with Crippen LogP contribution in [0.5, 0.6) is 5.75 Å². The van der Waals surface area contributed by atoms with Crippen molar-refractivity contribution >= 4 is 23.3 Å². The summed E-state index contributed by atoms with van der Waals surface area (Å²) in [5.41, 5.74) is 1.41. The first-order chi connectivity index (χ1) is 12.0. The van der Waals surface area contributed by atoms with E-state index >= 15 is 0 Å². The van der Waals surface area contributed by atoms with Gasteiger partial charge in [-0.1, -0.05) is 0 Å². The molecule has 1 aromatic carbocycles. The van der Waals surface area contributed by atoms with E-state index in [-0.39, 0.29) is 17.5 Å². The number of likely N-dealkylation sites (N-methyl/N-ethyl adjacent to an activating group) is 1. The number of piperidine rings is 1. The first-order valence-corrected chi connectivity index (χ1v) is 8.76. The van der Waals surface area contributed by atoms with Crippen LogP contribution in [0, 0.1) is 0 Å². The Bertz CT molecular complexity index is 706. The minimum Gasteiger partial charge on any atom is -0.479 e. The number of carbonyl (C=O) groups is 2. The molecule has 0 unspecified atom stereocenters. The Kier molecular flexibility index (Phi) is 3.83. The number of nitrogens with one attached hydrogen (secondary N) is 1. The van der Waals surface area contributed by atoms with Gasteiger partial charge in [0.25, 0.3) is 5.91 Å². The molecule has 0 bridgehead atoms. The van der Waals surface area contributed by atoms with E-state index < -0.39 is 6.10 Å². The Morgan fingerprint density at radius 1 is 1.28 bits per heavy atom. The van der Waals surface area contributed by atoms with Gasteiger partial charge in [0, 0.05) is 31.9 Å². The van der Waals surface area contributed by atoms with Crippen LogP contribution in [0.4, 0.5) is 16.2 Å². The smallest absolute Gasteiger partial charge is 0.321 e. The maximum Gasteiger partial charge on any atom is 0.321 e. The molecular weight excluding hydrogens is 322 g/mol. The van der Waals surface area contributed by atoms with Crippen molar-refractivity contribution in [1.29, 1.82) is 0 Å². The molecule has 1 N–H and O–H groups in total. The van der Waals surface area contributed by atoms with Crippen LogP contribution in [0.3, 0.4) is 0 Å². The maximum atomic E-state index is 12.5. The standard InChI is InChI=1S/C18H23N3O4/c1-12-16(22)20(2)14-4-3-13(11-15(14)25-12)19-17(23)21-8-5-18(6-9-21)7-10-24-18/h3-4,11-12H,5-10H2,1-2H3,(H,19,23)/t12-/m0/s1. The quantitative estimate of drug-likeness (QED) is 0.847. The van der Waals surface area contributed by atoms with Crippen molar-refractivity contribution in [1.82, 2.24) is 4.90 Å². The van der Waals surface area contributed by atoms with Gasteiger partial charge in [-0.15, -0.1) is 0 Å². The fourth-order valence-corrected chi connectivity index (χ4v) is 3.70. The van der Waals surface area contributed by atoms with Crippen LogP contribution >= 0.6 is 0 Å². The van der Waals surface area contributed by atoms with E-state index in [0.717, 1.165) is 25.9 Å². The van der Waals surface area contributed by atoms with Gasteiger partial charge in [-0.2, -0.15) is 0 Å². The summed E-state index contributed by atoms with van der Waals surface area (Å²) in [6.45, 7) is 3.99. The summed E-state index contributed by atoms with van der Waals surface area (Å²) in [6, 6.07) is 5.25. The van der Waals surface area contributed by atoms with Gasteiger partial charge in [0.05, 0.1) is 17.9 Å². The number of anilines is 2. The third-order valence-electron chi connectivity index (χ3n) is 5.48. The summed E-state index contributed by atoms with van der Waals surface area (Å²) < 4.78 is 11.3. The van der Waals surface area contributed by atoms with Gasteiger partial charge in [0.1, 0.15) is 5.75 Å². The average molecular weight is 345 g/mol. The van der Waals surface area contributed by atoms with E-state index in [1.54, 1.807) is 37.1 Å². The summed E-state index contributed by atoms with van der Waals surface area (Å²) in [6.07, 6.45) is 2.38. The summed E-state index contributed by atoms with van der Waals surface area (Å²) >= 11 is 0. The molecule has 0 aliphatic carbocycles. The first kappa shape index (κ1) is 16.2. The van der Waals surface area contributed by atoms with Crippen LogP contribution < -0.4 is 15.0 Å². The number of hydrogen-bond acceptors (Lipinski definition) is 4. The van der Waals surface area contributed by atoms with E-state index in [4.69, 9.17) is 9.47 Å². The lowest BCUT2D eigenvalue weighted by molar-refractivity contribution is -0.168. The normalized spacial score (nSPS) is 24.4. The second-order valence-electron chi connectivity index (χ2n) is 7.04. The first-order valence-electron chi connectivity index (χ1n) is 8.76. The van der Waals surface area contributed by atoms with Gasteiger partial charge in [0.2, 0.25) is 0 Å². The number of fused-ring (bicyclic) bond motifs is 1. The molecule has 1 atom stereocenters. The number of rotatable bonds is 1. The minimum absolute atomic E-state index is 0.0314. The monoisotopic (exact) mass is 345 g/mol. The molecule has 134 valence electrons. The van der Waals surface area contributed by atoms with Crippen LogP contribution in [-0.4, -0.2) is 55.3 Å². The molecule has 0 aromatic heterocycles. The second-order valence-corrected chi connectivity index (χ2v) is 7.04. The third-order valence-corrected chi connectivity index (χ3v) is 5.48. The number of ether oxygens (including phenoxy) is 2. The fraction of sp³-hybridized carbons (Fsp3) is 0.556. The van der Waals surface area contributed by atoms with E-state index in [9.17, 15) is 9.59 Å². The number of amides is 3. The second kappa shape index (κ2) is 5.91. The summed E-state index contributed by atoms with van der Waals surface area (Å²) in [5, 5.41) is 2.93. The van der Waals surface area contributed by atoms with Crippen LogP contribution in [0.15, 0.2) is 18.2 Å². The van der Waals surface area contributed by atoms with Crippen LogP contribution in [0.2, 0.25) is 0 Å². The van der Waals surface area contributed by atoms with Crippen LogP contribution in [-0.2, 0) is 9.53 Å². The van der Waals surface area contributed by atoms with Gasteiger partial charge in [-0.05, 0) is 38.3 Å². The van der Waals surface area contributed by atoms with Crippen molar-refractivity contribution in [2.75, 3.05) is 37.0 Å². The fourth-order valence-electron chi connectivity index (χ4n) is 3.70. The van der Waals surface area contributed by atoms with Crippen LogP contribution in [0.25, 0.3) is 0 Å². The molecular formula is C18H23N3O4. The van der Waals surface area contributed by atoms with E-state index in [1.807, 2.05) is 4.90 Å². The highest BCUT2D eigenvalue weighted by Crippen LogP contribution is 2.37. The Morgan fingerprint density at radius 3 is 2.64 bits per heavy atom. The molecule has 3 aliphatic rings. The zero-order valence-electron chi connectivity index (χ0n) is 14.6. The molecule has 25 heavy (non-hydrogen) atoms. The lowest BCUT2D eigenvalue weighted by Crippen LogP contribution is -2.54. The highest BCUT2D eigenvalue weighted by molar-refractivity contribution is 6.00. The lowest BCUT2D eigenvalue weighted by Gasteiger charge is -2.47. The molecule has 3 amide bonds. The van der Waals surface area contributed by atoms with Crippen molar-refractivity contribution in [3.05, 3.63) is 18.2 Å². The number of hydrogen-bond donors (Lipinski definition) is 1. The van der Waals surface area contributed by atoms with Crippen LogP contribution in [0.1, 0.15) is 26.2 Å². The topological polar surface area (TPSA) is 71.1 Å². The van der Waals surface area contributed by atoms with Gasteiger partial charge in [-0.3, -0.25) is 4.79 Å². The van der Waals surface area contributed by atoms with E-state index in [1.165, 1.54) is 0 Å². The van der Waals surface area contributed by atoms with Crippen molar-refractivity contribution in [3.63, 3.8) is 0 Å².